The van der Waals surface area contributed by atoms with Gasteiger partial charge in [-0.3, -0.25) is 19.4 Å². The largest absolute Gasteiger partial charge is 0.483 e. The number of carbonyl (C=O) groups excluding carboxylic acids is 1. The first-order valence-corrected chi connectivity index (χ1v) is 16.5. The highest BCUT2D eigenvalue weighted by atomic mass is 19.4. The van der Waals surface area contributed by atoms with Crippen molar-refractivity contribution in [3.05, 3.63) is 64.2 Å². The number of nitrogens with one attached hydrogen (secondary N) is 1. The van der Waals surface area contributed by atoms with Gasteiger partial charge in [-0.25, -0.2) is 13.8 Å². The van der Waals surface area contributed by atoms with Crippen LogP contribution in [0.15, 0.2) is 30.6 Å². The number of fused-ring (bicyclic) bond motifs is 1. The minimum absolute atomic E-state index is 0.00812. The van der Waals surface area contributed by atoms with Gasteiger partial charge in [-0.05, 0) is 60.8 Å². The van der Waals surface area contributed by atoms with E-state index in [2.05, 4.69) is 44.1 Å². The number of piperazine rings is 1. The fourth-order valence-electron chi connectivity index (χ4n) is 7.42. The molecule has 272 valence electrons. The fraction of sp³-hybridized carbons (Fsp3) is 0.559. The summed E-state index contributed by atoms with van der Waals surface area (Å²) < 4.78 is 74.5. The first-order chi connectivity index (χ1) is 23.5. The molecule has 2 aliphatic heterocycles. The van der Waals surface area contributed by atoms with E-state index in [0.29, 0.717) is 41.8 Å². The van der Waals surface area contributed by atoms with Crippen molar-refractivity contribution in [3.63, 3.8) is 0 Å². The van der Waals surface area contributed by atoms with Gasteiger partial charge in [-0.2, -0.15) is 13.2 Å². The molecule has 4 heterocycles. The number of carboxylic acid groups (broad SMARTS) is 1. The van der Waals surface area contributed by atoms with Crippen LogP contribution in [0.25, 0.3) is 0 Å². The molecule has 3 aromatic rings. The Kier molecular flexibility index (Phi) is 10.5. The summed E-state index contributed by atoms with van der Waals surface area (Å²) in [5.74, 6) is -2.21. The summed E-state index contributed by atoms with van der Waals surface area (Å²) in [7, 11) is 3.77. The molecular weight excluding hydrogens is 663 g/mol. The molecule has 1 saturated heterocycles. The van der Waals surface area contributed by atoms with Crippen LogP contribution in [0, 0.1) is 5.92 Å². The number of carbonyl (C=O) groups is 2. The van der Waals surface area contributed by atoms with Crippen LogP contribution in [0.4, 0.5) is 33.6 Å². The molecule has 0 bridgehead atoms. The number of rotatable bonds is 9. The SMILES string of the molecule is CCNc1cc(C2(Cc3nncn3C)CC(F)(F)C2)cc(N2Cc3c(cc(CN4CCN(C)C[C@@H]4C(C)C)cc3C(F)(F)F)C2=O)n1.O=CO. The molecular formula is C34H43F5N8O3. The van der Waals surface area contributed by atoms with Gasteiger partial charge in [0.25, 0.3) is 12.4 Å². The highest BCUT2D eigenvalue weighted by molar-refractivity contribution is 6.10. The van der Waals surface area contributed by atoms with Gasteiger partial charge in [0.1, 0.15) is 23.8 Å². The zero-order chi connectivity index (χ0) is 36.6. The van der Waals surface area contributed by atoms with Crippen molar-refractivity contribution in [1.29, 1.82) is 0 Å². The number of aromatic nitrogens is 4. The van der Waals surface area contributed by atoms with Crippen LogP contribution in [0.3, 0.4) is 0 Å². The van der Waals surface area contributed by atoms with E-state index in [1.165, 1.54) is 17.3 Å². The number of pyridine rings is 1. The predicted octanol–water partition coefficient (Wildman–Crippen LogP) is 5.20. The lowest BCUT2D eigenvalue weighted by Crippen LogP contribution is -2.53. The third kappa shape index (κ3) is 7.60. The minimum atomic E-state index is -4.68. The first kappa shape index (κ1) is 37.1. The number of nitrogens with zero attached hydrogens (tertiary/aromatic N) is 7. The summed E-state index contributed by atoms with van der Waals surface area (Å²) in [6.07, 6.45) is -3.89. The monoisotopic (exact) mass is 706 g/mol. The fourth-order valence-corrected chi connectivity index (χ4v) is 7.42. The lowest BCUT2D eigenvalue weighted by molar-refractivity contribution is -0.138. The molecule has 0 spiro atoms. The Morgan fingerprint density at radius 3 is 2.40 bits per heavy atom. The van der Waals surface area contributed by atoms with Crippen LogP contribution in [-0.2, 0) is 42.9 Å². The zero-order valence-electron chi connectivity index (χ0n) is 28.8. The van der Waals surface area contributed by atoms with Crippen molar-refractivity contribution < 1.29 is 36.6 Å². The smallest absolute Gasteiger partial charge is 0.416 e. The van der Waals surface area contributed by atoms with Crippen molar-refractivity contribution in [3.8, 4) is 0 Å². The third-order valence-corrected chi connectivity index (χ3v) is 9.85. The molecule has 1 atom stereocenters. The van der Waals surface area contributed by atoms with E-state index in [4.69, 9.17) is 9.90 Å². The van der Waals surface area contributed by atoms with Gasteiger partial charge in [0.15, 0.2) is 0 Å². The zero-order valence-corrected chi connectivity index (χ0v) is 28.8. The number of halogens is 5. The molecule has 2 N–H and O–H groups in total. The maximum absolute atomic E-state index is 14.6. The lowest BCUT2D eigenvalue weighted by Gasteiger charge is -2.48. The number of hydrogen-bond donors (Lipinski definition) is 2. The highest BCUT2D eigenvalue weighted by Crippen LogP contribution is 2.55. The molecule has 1 amide bonds. The van der Waals surface area contributed by atoms with Crippen LogP contribution in [0.5, 0.6) is 0 Å². The number of benzene rings is 1. The molecule has 2 aromatic heterocycles. The molecule has 1 aromatic carbocycles. The average molecular weight is 707 g/mol. The summed E-state index contributed by atoms with van der Waals surface area (Å²) in [5, 5.41) is 18.0. The summed E-state index contributed by atoms with van der Waals surface area (Å²) in [6.45, 7) is 8.53. The first-order valence-electron chi connectivity index (χ1n) is 16.5. The third-order valence-electron chi connectivity index (χ3n) is 9.85. The van der Waals surface area contributed by atoms with Crippen LogP contribution in [-0.4, -0.2) is 92.2 Å². The molecule has 50 heavy (non-hydrogen) atoms. The number of anilines is 2. The number of likely N-dealkylation sites (N-methyl/N-ethyl adjacent to an activating group) is 1. The lowest BCUT2D eigenvalue weighted by atomic mass is 9.60. The molecule has 1 aliphatic carbocycles. The Morgan fingerprint density at radius 1 is 1.12 bits per heavy atom. The van der Waals surface area contributed by atoms with E-state index in [9.17, 15) is 26.7 Å². The van der Waals surface area contributed by atoms with Crippen LogP contribution in [0.2, 0.25) is 0 Å². The van der Waals surface area contributed by atoms with E-state index in [1.807, 2.05) is 14.0 Å². The van der Waals surface area contributed by atoms with Crippen LogP contribution >= 0.6 is 0 Å². The molecule has 11 nitrogen and oxygen atoms in total. The van der Waals surface area contributed by atoms with E-state index in [-0.39, 0.29) is 49.0 Å². The van der Waals surface area contributed by atoms with Gasteiger partial charge in [0.2, 0.25) is 5.92 Å². The highest BCUT2D eigenvalue weighted by Gasteiger charge is 2.58. The topological polar surface area (TPSA) is 120 Å². The molecule has 6 rings (SSSR count). The van der Waals surface area contributed by atoms with Crippen molar-refractivity contribution in [2.24, 2.45) is 13.0 Å². The standard InChI is InChI=1S/C33H41F5N8O.CH2O2/c1-6-39-27-11-22(31(17-32(34,35)18-31)13-29-42-40-19-44(29)5)12-28(41-27)46-15-24-23(30(46)47)9-21(10-25(24)33(36,37)38)14-45-8-7-43(4)16-26(45)20(2)3;2-1-3/h9-12,19-20,26H,6-8,13-18H2,1-5H3,(H,39,41);1H,(H,2,3)/t26-;/m1./s1. The number of amides is 1. The van der Waals surface area contributed by atoms with Crippen molar-refractivity contribution in [2.75, 3.05) is 43.4 Å². The van der Waals surface area contributed by atoms with Gasteiger partial charge in [-0.15, -0.1) is 10.2 Å². The minimum Gasteiger partial charge on any atom is -0.483 e. The summed E-state index contributed by atoms with van der Waals surface area (Å²) in [4.78, 5) is 32.6. The molecule has 3 aliphatic rings. The Bertz CT molecular complexity index is 1700. The average Bonchev–Trinajstić information content (AvgIpc) is 3.58. The van der Waals surface area contributed by atoms with Gasteiger partial charge in [0, 0.05) is 76.1 Å². The predicted molar refractivity (Wildman–Crippen MR) is 176 cm³/mol. The van der Waals surface area contributed by atoms with E-state index >= 15 is 0 Å². The van der Waals surface area contributed by atoms with Crippen LogP contribution in [0.1, 0.15) is 72.0 Å². The second-order valence-corrected chi connectivity index (χ2v) is 13.9. The van der Waals surface area contributed by atoms with E-state index in [0.717, 1.165) is 13.1 Å². The number of alkyl halides is 5. The Morgan fingerprint density at radius 2 is 1.82 bits per heavy atom. The van der Waals surface area contributed by atoms with Gasteiger partial charge in [-0.1, -0.05) is 13.8 Å². The summed E-state index contributed by atoms with van der Waals surface area (Å²) >= 11 is 0. The number of hydrogen-bond acceptors (Lipinski definition) is 8. The van der Waals surface area contributed by atoms with Crippen molar-refractivity contribution in [1.82, 2.24) is 29.5 Å². The maximum Gasteiger partial charge on any atom is 0.416 e. The summed E-state index contributed by atoms with van der Waals surface area (Å²) in [5.41, 5.74) is -1.03. The molecule has 2 fully saturated rings. The molecule has 16 heteroatoms. The van der Waals surface area contributed by atoms with Crippen LogP contribution < -0.4 is 10.2 Å². The van der Waals surface area contributed by atoms with Gasteiger partial charge >= 0.3 is 6.18 Å². The number of aryl methyl sites for hydroxylation is 1. The normalized spacial score (nSPS) is 20.3. The Labute approximate surface area is 287 Å². The van der Waals surface area contributed by atoms with E-state index in [1.54, 1.807) is 29.8 Å². The Balaban J connectivity index is 0.00000156. The quantitative estimate of drug-likeness (QED) is 0.229. The second-order valence-electron chi connectivity index (χ2n) is 13.9. The van der Waals surface area contributed by atoms with Crippen molar-refractivity contribution >= 4 is 24.0 Å². The molecule has 0 unspecified atom stereocenters. The maximum atomic E-state index is 14.6. The molecule has 0 radical (unpaired) electrons. The summed E-state index contributed by atoms with van der Waals surface area (Å²) in [6, 6.07) is 6.17. The Hall–Kier alpha value is -4.18. The van der Waals surface area contributed by atoms with Crippen molar-refractivity contribution in [2.45, 2.75) is 76.7 Å². The van der Waals surface area contributed by atoms with E-state index < -0.39 is 41.8 Å². The van der Waals surface area contributed by atoms with Gasteiger partial charge < -0.3 is 19.9 Å². The second kappa shape index (κ2) is 14.2. The molecule has 1 saturated carbocycles. The van der Waals surface area contributed by atoms with Gasteiger partial charge in [0.05, 0.1) is 12.1 Å².